The Labute approximate surface area is 117 Å². The van der Waals surface area contributed by atoms with E-state index in [0.29, 0.717) is 6.54 Å². The molecule has 3 heteroatoms. The first kappa shape index (κ1) is 11.7. The molecule has 2 heterocycles. The first-order valence-corrected chi connectivity index (χ1v) is 6.93. The third-order valence-corrected chi connectivity index (χ3v) is 4.40. The van der Waals surface area contributed by atoms with Crippen LogP contribution in [0.2, 0.25) is 0 Å². The van der Waals surface area contributed by atoms with E-state index >= 15 is 0 Å². The molecule has 1 N–H and O–H groups in total. The number of carbonyl (C=O) groups is 1. The fourth-order valence-corrected chi connectivity index (χ4v) is 3.44. The van der Waals surface area contributed by atoms with E-state index in [0.717, 1.165) is 28.7 Å². The van der Waals surface area contributed by atoms with Crippen LogP contribution in [0.5, 0.6) is 0 Å². The summed E-state index contributed by atoms with van der Waals surface area (Å²) < 4.78 is 0. The van der Waals surface area contributed by atoms with Crippen molar-refractivity contribution in [3.05, 3.63) is 70.8 Å². The average Bonchev–Trinajstić information content (AvgIpc) is 2.68. The minimum atomic E-state index is -0.652. The van der Waals surface area contributed by atoms with Crippen LogP contribution in [0, 0.1) is 0 Å². The molecule has 2 atom stereocenters. The molecule has 2 aliphatic rings. The fraction of sp³-hybridized carbons (Fsp3) is 0.235. The van der Waals surface area contributed by atoms with Crippen molar-refractivity contribution in [3.63, 3.8) is 0 Å². The molecular weight excluding hydrogens is 250 g/mol. The van der Waals surface area contributed by atoms with Gasteiger partial charge in [0.15, 0.2) is 0 Å². The molecule has 4 rings (SSSR count). The molecule has 0 spiro atoms. The van der Waals surface area contributed by atoms with Crippen LogP contribution in [0.3, 0.4) is 0 Å². The number of amides is 1. The van der Waals surface area contributed by atoms with Crippen molar-refractivity contribution in [2.24, 2.45) is 0 Å². The topological polar surface area (TPSA) is 40.5 Å². The van der Waals surface area contributed by atoms with Crippen molar-refractivity contribution in [1.82, 2.24) is 4.90 Å². The summed E-state index contributed by atoms with van der Waals surface area (Å²) in [5.74, 6) is 0.0393. The summed E-state index contributed by atoms with van der Waals surface area (Å²) in [6.07, 6.45) is 0.144. The Hall–Kier alpha value is -2.13. The van der Waals surface area contributed by atoms with Crippen LogP contribution in [0.4, 0.5) is 0 Å². The summed E-state index contributed by atoms with van der Waals surface area (Å²) in [5, 5.41) is 10.8. The van der Waals surface area contributed by atoms with Crippen LogP contribution in [0.15, 0.2) is 48.5 Å². The molecule has 0 aliphatic carbocycles. The first-order valence-electron chi connectivity index (χ1n) is 6.93. The molecule has 2 aromatic rings. The zero-order valence-electron chi connectivity index (χ0n) is 11.0. The van der Waals surface area contributed by atoms with Gasteiger partial charge in [-0.25, -0.2) is 0 Å². The highest BCUT2D eigenvalue weighted by Crippen LogP contribution is 2.44. The molecule has 2 aromatic carbocycles. The summed E-state index contributed by atoms with van der Waals surface area (Å²) in [4.78, 5) is 14.3. The summed E-state index contributed by atoms with van der Waals surface area (Å²) >= 11 is 0. The van der Waals surface area contributed by atoms with E-state index in [1.807, 2.05) is 53.4 Å². The minimum absolute atomic E-state index is 0.0393. The third kappa shape index (κ3) is 1.47. The van der Waals surface area contributed by atoms with E-state index in [1.54, 1.807) is 0 Å². The van der Waals surface area contributed by atoms with Crippen molar-refractivity contribution in [1.29, 1.82) is 0 Å². The second-order valence-electron chi connectivity index (χ2n) is 5.42. The van der Waals surface area contributed by atoms with Gasteiger partial charge in [-0.2, -0.15) is 0 Å². The van der Waals surface area contributed by atoms with Gasteiger partial charge in [0, 0.05) is 12.1 Å². The summed E-state index contributed by atoms with van der Waals surface area (Å²) in [7, 11) is 0. The summed E-state index contributed by atoms with van der Waals surface area (Å²) in [6.45, 7) is 0.659. The van der Waals surface area contributed by atoms with Crippen molar-refractivity contribution < 1.29 is 9.90 Å². The molecular formula is C17H15NO2. The monoisotopic (exact) mass is 265 g/mol. The number of fused-ring (bicyclic) bond motifs is 4. The van der Waals surface area contributed by atoms with E-state index in [2.05, 4.69) is 0 Å². The number of carbonyl (C=O) groups excluding carboxylic acids is 1. The second-order valence-corrected chi connectivity index (χ2v) is 5.42. The van der Waals surface area contributed by atoms with Crippen molar-refractivity contribution in [2.45, 2.75) is 18.6 Å². The molecule has 0 unspecified atom stereocenters. The number of benzene rings is 2. The maximum atomic E-state index is 12.5. The Morgan fingerprint density at radius 3 is 2.55 bits per heavy atom. The molecule has 0 saturated heterocycles. The highest BCUT2D eigenvalue weighted by Gasteiger charge is 2.42. The lowest BCUT2D eigenvalue weighted by atomic mass is 9.93. The van der Waals surface area contributed by atoms with Crippen LogP contribution >= 0.6 is 0 Å². The lowest BCUT2D eigenvalue weighted by Gasteiger charge is -2.26. The largest absolute Gasteiger partial charge is 0.386 e. The number of rotatable bonds is 0. The van der Waals surface area contributed by atoms with Gasteiger partial charge < -0.3 is 10.0 Å². The maximum absolute atomic E-state index is 12.5. The molecule has 0 bridgehead atoms. The smallest absolute Gasteiger partial charge is 0.254 e. The number of aliphatic hydroxyl groups excluding tert-OH is 1. The third-order valence-electron chi connectivity index (χ3n) is 4.40. The van der Waals surface area contributed by atoms with Crippen LogP contribution in [-0.4, -0.2) is 22.5 Å². The lowest BCUT2D eigenvalue weighted by molar-refractivity contribution is 0.0464. The van der Waals surface area contributed by atoms with E-state index in [9.17, 15) is 9.90 Å². The molecule has 1 amide bonds. The average molecular weight is 265 g/mol. The van der Waals surface area contributed by atoms with Gasteiger partial charge in [0.25, 0.3) is 5.91 Å². The number of aliphatic hydroxyl groups is 1. The van der Waals surface area contributed by atoms with Crippen molar-refractivity contribution >= 4 is 5.91 Å². The molecule has 3 nitrogen and oxygen atoms in total. The van der Waals surface area contributed by atoms with E-state index in [-0.39, 0.29) is 11.9 Å². The Morgan fingerprint density at radius 2 is 1.70 bits per heavy atom. The van der Waals surface area contributed by atoms with Gasteiger partial charge in [-0.05, 0) is 29.2 Å². The van der Waals surface area contributed by atoms with E-state index in [4.69, 9.17) is 0 Å². The minimum Gasteiger partial charge on any atom is -0.386 e. The standard InChI is InChI=1S/C17H15NO2/c19-16-12-6-2-1-5-11(12)9-10-18-15(16)13-7-3-4-8-14(13)17(18)20/h1-8,15-16,19H,9-10H2/t15-,16+/m0/s1. The van der Waals surface area contributed by atoms with Gasteiger partial charge in [-0.15, -0.1) is 0 Å². The number of hydrogen-bond acceptors (Lipinski definition) is 2. The van der Waals surface area contributed by atoms with Gasteiger partial charge in [0.2, 0.25) is 0 Å². The molecule has 2 aliphatic heterocycles. The molecule has 0 saturated carbocycles. The highest BCUT2D eigenvalue weighted by molar-refractivity contribution is 5.99. The van der Waals surface area contributed by atoms with Crippen LogP contribution in [0.25, 0.3) is 0 Å². The molecule has 0 fully saturated rings. The number of hydrogen-bond donors (Lipinski definition) is 1. The second kappa shape index (κ2) is 4.18. The summed E-state index contributed by atoms with van der Waals surface area (Å²) in [6, 6.07) is 15.3. The zero-order valence-corrected chi connectivity index (χ0v) is 11.0. The number of nitrogens with zero attached hydrogens (tertiary/aromatic N) is 1. The van der Waals surface area contributed by atoms with Crippen molar-refractivity contribution in [2.75, 3.05) is 6.54 Å². The van der Waals surface area contributed by atoms with Crippen LogP contribution < -0.4 is 0 Å². The van der Waals surface area contributed by atoms with Gasteiger partial charge in [-0.3, -0.25) is 4.79 Å². The Morgan fingerprint density at radius 1 is 1.00 bits per heavy atom. The lowest BCUT2D eigenvalue weighted by Crippen LogP contribution is -2.31. The Balaban J connectivity index is 1.89. The van der Waals surface area contributed by atoms with Gasteiger partial charge in [-0.1, -0.05) is 42.5 Å². The van der Waals surface area contributed by atoms with E-state index < -0.39 is 6.10 Å². The predicted molar refractivity (Wildman–Crippen MR) is 75.3 cm³/mol. The quantitative estimate of drug-likeness (QED) is 0.795. The highest BCUT2D eigenvalue weighted by atomic mass is 16.3. The Bertz CT molecular complexity index is 695. The van der Waals surface area contributed by atoms with Crippen molar-refractivity contribution in [3.8, 4) is 0 Å². The van der Waals surface area contributed by atoms with Crippen LogP contribution in [-0.2, 0) is 6.42 Å². The predicted octanol–water partition coefficient (Wildman–Crippen LogP) is 2.47. The summed E-state index contributed by atoms with van der Waals surface area (Å²) in [5.41, 5.74) is 3.77. The first-order chi connectivity index (χ1) is 9.77. The molecule has 0 aromatic heterocycles. The zero-order chi connectivity index (χ0) is 13.7. The molecule has 20 heavy (non-hydrogen) atoms. The fourth-order valence-electron chi connectivity index (χ4n) is 3.44. The normalized spacial score (nSPS) is 23.9. The van der Waals surface area contributed by atoms with Gasteiger partial charge in [0.1, 0.15) is 6.10 Å². The van der Waals surface area contributed by atoms with Gasteiger partial charge in [0.05, 0.1) is 6.04 Å². The molecule has 0 radical (unpaired) electrons. The maximum Gasteiger partial charge on any atom is 0.254 e. The van der Waals surface area contributed by atoms with E-state index in [1.165, 1.54) is 0 Å². The Kier molecular flexibility index (Phi) is 2.44. The van der Waals surface area contributed by atoms with Crippen LogP contribution in [0.1, 0.15) is 39.2 Å². The SMILES string of the molecule is O=C1c2ccccc2[C@H]2[C@H](O)c3ccccc3CCN12. The molecule has 100 valence electrons. The van der Waals surface area contributed by atoms with Gasteiger partial charge >= 0.3 is 0 Å².